The van der Waals surface area contributed by atoms with E-state index in [1.54, 1.807) is 0 Å². The SMILES string of the molecule is COc1cc(F)c(C2CC(=O)N(c3ccc(F)c(N4CC5CC4CN5C)n3)C2)c(F)c1. The van der Waals surface area contributed by atoms with Crippen LogP contribution in [0.25, 0.3) is 0 Å². The summed E-state index contributed by atoms with van der Waals surface area (Å²) in [6.07, 6.45) is 0.913. The molecule has 3 fully saturated rings. The Morgan fingerprint density at radius 3 is 2.39 bits per heavy atom. The van der Waals surface area contributed by atoms with E-state index in [-0.39, 0.29) is 42.0 Å². The zero-order valence-electron chi connectivity index (χ0n) is 17.3. The normalized spacial score (nSPS) is 25.7. The molecule has 5 rings (SSSR count). The van der Waals surface area contributed by atoms with E-state index in [9.17, 15) is 18.0 Å². The number of halogens is 3. The lowest BCUT2D eigenvalue weighted by atomic mass is 9.97. The van der Waals surface area contributed by atoms with Gasteiger partial charge in [-0.1, -0.05) is 0 Å². The van der Waals surface area contributed by atoms with Gasteiger partial charge in [-0.15, -0.1) is 0 Å². The lowest BCUT2D eigenvalue weighted by molar-refractivity contribution is -0.117. The van der Waals surface area contributed by atoms with Gasteiger partial charge in [0.25, 0.3) is 0 Å². The molecule has 1 amide bonds. The van der Waals surface area contributed by atoms with Gasteiger partial charge in [0.05, 0.1) is 7.11 Å². The van der Waals surface area contributed by atoms with Crippen molar-refractivity contribution in [3.63, 3.8) is 0 Å². The molecule has 0 radical (unpaired) electrons. The van der Waals surface area contributed by atoms with Crippen molar-refractivity contribution in [1.29, 1.82) is 0 Å². The highest BCUT2D eigenvalue weighted by Gasteiger charge is 2.43. The maximum atomic E-state index is 14.6. The van der Waals surface area contributed by atoms with Crippen LogP contribution in [0.5, 0.6) is 5.75 Å². The Morgan fingerprint density at radius 1 is 1.03 bits per heavy atom. The highest BCUT2D eigenvalue weighted by Crippen LogP contribution is 2.38. The van der Waals surface area contributed by atoms with Gasteiger partial charge in [0.1, 0.15) is 23.2 Å². The fourth-order valence-corrected chi connectivity index (χ4v) is 5.09. The second-order valence-electron chi connectivity index (χ2n) is 8.52. The number of amides is 1. The summed E-state index contributed by atoms with van der Waals surface area (Å²) in [6, 6.07) is 5.53. The lowest BCUT2D eigenvalue weighted by Gasteiger charge is -2.33. The van der Waals surface area contributed by atoms with Crippen LogP contribution in [-0.2, 0) is 4.79 Å². The fourth-order valence-electron chi connectivity index (χ4n) is 5.09. The number of nitrogens with zero attached hydrogens (tertiary/aromatic N) is 4. The first-order valence-electron chi connectivity index (χ1n) is 10.3. The molecule has 3 saturated heterocycles. The molecule has 1 aromatic carbocycles. The number of hydrogen-bond donors (Lipinski definition) is 0. The molecule has 6 nitrogen and oxygen atoms in total. The molecular formula is C22H23F3N4O2. The summed E-state index contributed by atoms with van der Waals surface area (Å²) in [5, 5.41) is 0. The van der Waals surface area contributed by atoms with E-state index in [0.29, 0.717) is 18.4 Å². The maximum absolute atomic E-state index is 14.6. The van der Waals surface area contributed by atoms with Crippen LogP contribution >= 0.6 is 0 Å². The number of likely N-dealkylation sites (N-methyl/N-ethyl adjacent to an activating group) is 1. The van der Waals surface area contributed by atoms with Crippen molar-refractivity contribution in [2.45, 2.75) is 30.8 Å². The molecule has 9 heteroatoms. The summed E-state index contributed by atoms with van der Waals surface area (Å²) >= 11 is 0. The molecule has 4 heterocycles. The number of likely N-dealkylation sites (tertiary alicyclic amines) is 1. The number of rotatable bonds is 4. The highest BCUT2D eigenvalue weighted by atomic mass is 19.1. The van der Waals surface area contributed by atoms with Gasteiger partial charge >= 0.3 is 0 Å². The first kappa shape index (κ1) is 20.1. The molecule has 0 spiro atoms. The van der Waals surface area contributed by atoms with Gasteiger partial charge in [0.2, 0.25) is 5.91 Å². The smallest absolute Gasteiger partial charge is 0.228 e. The Morgan fingerprint density at radius 2 is 1.77 bits per heavy atom. The summed E-state index contributed by atoms with van der Waals surface area (Å²) in [7, 11) is 3.39. The first-order valence-corrected chi connectivity index (χ1v) is 10.3. The number of benzene rings is 1. The number of piperazine rings is 1. The number of aromatic nitrogens is 1. The topological polar surface area (TPSA) is 48.9 Å². The first-order chi connectivity index (χ1) is 14.9. The number of fused-ring (bicyclic) bond motifs is 2. The van der Waals surface area contributed by atoms with E-state index in [4.69, 9.17) is 4.74 Å². The van der Waals surface area contributed by atoms with Gasteiger partial charge in [-0.2, -0.15) is 0 Å². The minimum atomic E-state index is -0.749. The standard InChI is InChI=1S/C22H23F3N4O2/c1-27-10-14-6-13(27)11-28(14)22-16(23)3-4-19(26-22)29-9-12(5-20(29)30)21-17(24)7-15(31-2)8-18(21)25/h3-4,7-8,12-14H,5-6,9-11H2,1-2H3. The van der Waals surface area contributed by atoms with Gasteiger partial charge in [-0.3, -0.25) is 14.6 Å². The quantitative estimate of drug-likeness (QED) is 0.744. The highest BCUT2D eigenvalue weighted by molar-refractivity contribution is 5.95. The van der Waals surface area contributed by atoms with Crippen LogP contribution in [0, 0.1) is 17.5 Å². The summed E-state index contributed by atoms with van der Waals surface area (Å²) in [5.41, 5.74) is -0.140. The summed E-state index contributed by atoms with van der Waals surface area (Å²) in [6.45, 7) is 1.61. The lowest BCUT2D eigenvalue weighted by Crippen LogP contribution is -2.45. The van der Waals surface area contributed by atoms with Crippen LogP contribution in [0.15, 0.2) is 24.3 Å². The Bertz CT molecular complexity index is 1020. The predicted octanol–water partition coefficient (Wildman–Crippen LogP) is 2.92. The molecule has 3 atom stereocenters. The van der Waals surface area contributed by atoms with Crippen LogP contribution in [0.1, 0.15) is 24.3 Å². The van der Waals surface area contributed by atoms with Crippen molar-refractivity contribution in [2.75, 3.05) is 43.6 Å². The van der Waals surface area contributed by atoms with Gasteiger partial charge in [0, 0.05) is 61.8 Å². The van der Waals surface area contributed by atoms with Gasteiger partial charge in [-0.05, 0) is 25.6 Å². The average Bonchev–Trinajstić information content (AvgIpc) is 3.41. The number of anilines is 2. The monoisotopic (exact) mass is 432 g/mol. The number of pyridine rings is 1. The van der Waals surface area contributed by atoms with Crippen LogP contribution < -0.4 is 14.5 Å². The van der Waals surface area contributed by atoms with E-state index >= 15 is 0 Å². The minimum absolute atomic E-state index is 0.0479. The predicted molar refractivity (Wildman–Crippen MR) is 109 cm³/mol. The molecule has 0 aliphatic carbocycles. The van der Waals surface area contributed by atoms with E-state index in [0.717, 1.165) is 25.1 Å². The molecule has 2 aromatic rings. The molecule has 0 saturated carbocycles. The van der Waals surface area contributed by atoms with Crippen molar-refractivity contribution in [1.82, 2.24) is 9.88 Å². The molecule has 3 aliphatic heterocycles. The van der Waals surface area contributed by atoms with E-state index in [1.807, 2.05) is 4.90 Å². The minimum Gasteiger partial charge on any atom is -0.497 e. The number of ether oxygens (including phenoxy) is 1. The number of carbonyl (C=O) groups excluding carboxylic acids is 1. The Kier molecular flexibility index (Phi) is 4.80. The number of methoxy groups -OCH3 is 1. The summed E-state index contributed by atoms with van der Waals surface area (Å²) in [4.78, 5) is 22.8. The van der Waals surface area contributed by atoms with Crippen molar-refractivity contribution >= 4 is 17.5 Å². The van der Waals surface area contributed by atoms with Crippen LogP contribution in [0.2, 0.25) is 0 Å². The summed E-state index contributed by atoms with van der Waals surface area (Å²) in [5.74, 6) is -2.28. The van der Waals surface area contributed by atoms with Crippen molar-refractivity contribution in [3.8, 4) is 5.75 Å². The third kappa shape index (κ3) is 3.31. The second kappa shape index (κ2) is 7.40. The molecule has 164 valence electrons. The molecule has 1 aromatic heterocycles. The molecule has 3 unspecified atom stereocenters. The zero-order valence-corrected chi connectivity index (χ0v) is 17.3. The average molecular weight is 432 g/mol. The van der Waals surface area contributed by atoms with E-state index in [1.165, 1.54) is 24.1 Å². The Labute approximate surface area is 178 Å². The number of carbonyl (C=O) groups is 1. The van der Waals surface area contributed by atoms with Crippen molar-refractivity contribution in [2.24, 2.45) is 0 Å². The zero-order chi connectivity index (χ0) is 21.9. The molecule has 2 bridgehead atoms. The summed E-state index contributed by atoms with van der Waals surface area (Å²) < 4.78 is 48.5. The van der Waals surface area contributed by atoms with Crippen molar-refractivity contribution < 1.29 is 22.7 Å². The Hall–Kier alpha value is -2.81. The maximum Gasteiger partial charge on any atom is 0.228 e. The van der Waals surface area contributed by atoms with E-state index < -0.39 is 23.4 Å². The fraction of sp³-hybridized carbons (Fsp3) is 0.455. The van der Waals surface area contributed by atoms with Crippen LogP contribution in [-0.4, -0.2) is 61.7 Å². The molecular weight excluding hydrogens is 409 g/mol. The van der Waals surface area contributed by atoms with Crippen molar-refractivity contribution in [3.05, 3.63) is 47.3 Å². The third-order valence-corrected chi connectivity index (χ3v) is 6.70. The van der Waals surface area contributed by atoms with Gasteiger partial charge < -0.3 is 9.64 Å². The Balaban J connectivity index is 1.41. The second-order valence-corrected chi connectivity index (χ2v) is 8.52. The molecule has 0 N–H and O–H groups in total. The largest absolute Gasteiger partial charge is 0.497 e. The van der Waals surface area contributed by atoms with Gasteiger partial charge in [-0.25, -0.2) is 18.2 Å². The number of hydrogen-bond acceptors (Lipinski definition) is 5. The molecule has 3 aliphatic rings. The van der Waals surface area contributed by atoms with E-state index in [2.05, 4.69) is 16.9 Å². The van der Waals surface area contributed by atoms with Gasteiger partial charge in [0.15, 0.2) is 11.6 Å². The van der Waals surface area contributed by atoms with Crippen LogP contribution in [0.3, 0.4) is 0 Å². The van der Waals surface area contributed by atoms with Crippen LogP contribution in [0.4, 0.5) is 24.8 Å². The third-order valence-electron chi connectivity index (χ3n) is 6.70. The molecule has 31 heavy (non-hydrogen) atoms.